The molecule has 0 saturated carbocycles. The first kappa shape index (κ1) is 22.2. The van der Waals surface area contributed by atoms with Gasteiger partial charge in [-0.05, 0) is 53.5 Å². The largest absolute Gasteiger partial charge is 0.481 e. The van der Waals surface area contributed by atoms with Gasteiger partial charge in [0.1, 0.15) is 17.4 Å². The SMILES string of the molecule is C[C@H](C(=O)O)[C@@H](O)[C@@H]1OC(C)(C)N(C(=O)OC(C)(C)C)[C@H]1Cc1ccccc1. The number of aliphatic carboxylic acids is 1. The fourth-order valence-electron chi connectivity index (χ4n) is 3.47. The highest BCUT2D eigenvalue weighted by atomic mass is 16.6. The Balaban J connectivity index is 2.41. The zero-order valence-electron chi connectivity index (χ0n) is 17.4. The van der Waals surface area contributed by atoms with Gasteiger partial charge in [0, 0.05) is 0 Å². The molecule has 156 valence electrons. The van der Waals surface area contributed by atoms with E-state index in [-0.39, 0.29) is 0 Å². The summed E-state index contributed by atoms with van der Waals surface area (Å²) in [5, 5.41) is 20.0. The zero-order chi connectivity index (χ0) is 21.3. The molecule has 1 aliphatic rings. The van der Waals surface area contributed by atoms with E-state index in [1.807, 2.05) is 30.3 Å². The van der Waals surface area contributed by atoms with Gasteiger partial charge in [0.25, 0.3) is 0 Å². The van der Waals surface area contributed by atoms with Gasteiger partial charge in [0.2, 0.25) is 0 Å². The van der Waals surface area contributed by atoms with Gasteiger partial charge in [0.15, 0.2) is 0 Å². The fraction of sp³-hybridized carbons (Fsp3) is 0.619. The van der Waals surface area contributed by atoms with Crippen LogP contribution in [0.2, 0.25) is 0 Å². The van der Waals surface area contributed by atoms with Crippen molar-refractivity contribution in [3.63, 3.8) is 0 Å². The zero-order valence-corrected chi connectivity index (χ0v) is 17.4. The Kier molecular flexibility index (Phi) is 6.41. The van der Waals surface area contributed by atoms with Crippen LogP contribution in [-0.4, -0.2) is 56.8 Å². The van der Waals surface area contributed by atoms with Crippen LogP contribution in [0.5, 0.6) is 0 Å². The van der Waals surface area contributed by atoms with Crippen molar-refractivity contribution < 1.29 is 29.3 Å². The van der Waals surface area contributed by atoms with E-state index in [4.69, 9.17) is 9.47 Å². The molecule has 0 aliphatic carbocycles. The van der Waals surface area contributed by atoms with E-state index in [9.17, 15) is 19.8 Å². The molecule has 1 fully saturated rings. The highest BCUT2D eigenvalue weighted by molar-refractivity contribution is 5.71. The summed E-state index contributed by atoms with van der Waals surface area (Å²) in [7, 11) is 0. The summed E-state index contributed by atoms with van der Waals surface area (Å²) in [6, 6.07) is 8.93. The van der Waals surface area contributed by atoms with Gasteiger partial charge < -0.3 is 19.7 Å². The minimum atomic E-state index is -1.28. The van der Waals surface area contributed by atoms with Gasteiger partial charge in [-0.3, -0.25) is 9.69 Å². The van der Waals surface area contributed by atoms with Crippen LogP contribution in [0.1, 0.15) is 47.1 Å². The summed E-state index contributed by atoms with van der Waals surface area (Å²) in [4.78, 5) is 25.9. The number of aliphatic hydroxyl groups excluding tert-OH is 1. The van der Waals surface area contributed by atoms with Crippen LogP contribution in [0.4, 0.5) is 4.79 Å². The van der Waals surface area contributed by atoms with Gasteiger partial charge in [-0.15, -0.1) is 0 Å². The molecule has 2 N–H and O–H groups in total. The Morgan fingerprint density at radius 2 is 1.82 bits per heavy atom. The third-order valence-electron chi connectivity index (χ3n) is 4.83. The molecule has 1 saturated heterocycles. The topological polar surface area (TPSA) is 96.3 Å². The molecule has 1 aromatic rings. The summed E-state index contributed by atoms with van der Waals surface area (Å²) >= 11 is 0. The van der Waals surface area contributed by atoms with Gasteiger partial charge >= 0.3 is 12.1 Å². The number of hydrogen-bond acceptors (Lipinski definition) is 5. The van der Waals surface area contributed by atoms with Crippen LogP contribution in [0.3, 0.4) is 0 Å². The molecule has 0 spiro atoms. The molecule has 1 aromatic carbocycles. The molecule has 2 rings (SSSR count). The number of nitrogens with zero attached hydrogens (tertiary/aromatic N) is 1. The molecular formula is C21H31NO6. The summed E-state index contributed by atoms with van der Waals surface area (Å²) in [6.07, 6.45) is -2.31. The molecule has 1 aliphatic heterocycles. The van der Waals surface area contributed by atoms with E-state index >= 15 is 0 Å². The van der Waals surface area contributed by atoms with Gasteiger partial charge in [0.05, 0.1) is 18.1 Å². The third-order valence-corrected chi connectivity index (χ3v) is 4.83. The number of ether oxygens (including phenoxy) is 2. The Labute approximate surface area is 166 Å². The van der Waals surface area contributed by atoms with Crippen LogP contribution < -0.4 is 0 Å². The van der Waals surface area contributed by atoms with Crippen molar-refractivity contribution in [3.05, 3.63) is 35.9 Å². The second kappa shape index (κ2) is 8.09. The molecule has 7 heteroatoms. The molecule has 0 bridgehead atoms. The fourth-order valence-corrected chi connectivity index (χ4v) is 3.47. The molecule has 0 unspecified atom stereocenters. The lowest BCUT2D eigenvalue weighted by Crippen LogP contribution is -2.52. The highest BCUT2D eigenvalue weighted by Crippen LogP contribution is 2.38. The maximum Gasteiger partial charge on any atom is 0.412 e. The number of hydrogen-bond donors (Lipinski definition) is 2. The van der Waals surface area contributed by atoms with E-state index in [1.54, 1.807) is 34.6 Å². The van der Waals surface area contributed by atoms with Gasteiger partial charge in [-0.1, -0.05) is 30.3 Å². The van der Waals surface area contributed by atoms with Crippen LogP contribution in [0, 0.1) is 5.92 Å². The lowest BCUT2D eigenvalue weighted by molar-refractivity contribution is -0.153. The first-order valence-corrected chi connectivity index (χ1v) is 9.48. The smallest absolute Gasteiger partial charge is 0.412 e. The Hall–Kier alpha value is -2.12. The predicted octanol–water partition coefficient (Wildman–Crippen LogP) is 3.05. The first-order chi connectivity index (χ1) is 12.8. The number of carbonyl (C=O) groups excluding carboxylic acids is 1. The Morgan fingerprint density at radius 3 is 2.32 bits per heavy atom. The van der Waals surface area contributed by atoms with Crippen LogP contribution in [0.15, 0.2) is 30.3 Å². The lowest BCUT2D eigenvalue weighted by atomic mass is 9.91. The van der Waals surface area contributed by atoms with Crippen molar-refractivity contribution in [3.8, 4) is 0 Å². The standard InChI is InChI=1S/C21H31NO6/c1-13(18(24)25)16(23)17-15(12-14-10-8-7-9-11-14)22(21(5,6)27-17)19(26)28-20(2,3)4/h7-11,13,15-17,23H,12H2,1-6H3,(H,24,25)/t13-,15-,16+,17+/m0/s1. The second-order valence-electron chi connectivity index (χ2n) is 8.75. The van der Waals surface area contributed by atoms with Crippen molar-refractivity contribution in [1.82, 2.24) is 4.90 Å². The van der Waals surface area contributed by atoms with E-state index < -0.39 is 47.6 Å². The summed E-state index contributed by atoms with van der Waals surface area (Å²) < 4.78 is 11.6. The number of aliphatic hydroxyl groups is 1. The summed E-state index contributed by atoms with van der Waals surface area (Å²) in [5.41, 5.74) is -0.816. The number of carboxylic acids is 1. The van der Waals surface area contributed by atoms with Gasteiger partial charge in [-0.25, -0.2) is 4.79 Å². The molecule has 7 nitrogen and oxygen atoms in total. The first-order valence-electron chi connectivity index (χ1n) is 9.48. The van der Waals surface area contributed by atoms with Crippen LogP contribution >= 0.6 is 0 Å². The third kappa shape index (κ3) is 5.02. The van der Waals surface area contributed by atoms with E-state index in [0.29, 0.717) is 6.42 Å². The minimum Gasteiger partial charge on any atom is -0.481 e. The van der Waals surface area contributed by atoms with E-state index in [0.717, 1.165) is 5.56 Å². The molecule has 28 heavy (non-hydrogen) atoms. The monoisotopic (exact) mass is 393 g/mol. The molecule has 1 amide bonds. The number of carbonyl (C=O) groups is 2. The summed E-state index contributed by atoms with van der Waals surface area (Å²) in [5.74, 6) is -2.17. The van der Waals surface area contributed by atoms with Crippen LogP contribution in [-0.2, 0) is 20.7 Å². The Morgan fingerprint density at radius 1 is 1.25 bits per heavy atom. The van der Waals surface area contributed by atoms with Crippen molar-refractivity contribution in [2.45, 2.75) is 77.5 Å². The quantitative estimate of drug-likeness (QED) is 0.798. The molecule has 1 heterocycles. The van der Waals surface area contributed by atoms with E-state index in [1.165, 1.54) is 11.8 Å². The number of carboxylic acid groups (broad SMARTS) is 1. The molecule has 4 atom stereocenters. The molecule has 0 aromatic heterocycles. The van der Waals surface area contributed by atoms with Gasteiger partial charge in [-0.2, -0.15) is 0 Å². The summed E-state index contributed by atoms with van der Waals surface area (Å²) in [6.45, 7) is 10.2. The average Bonchev–Trinajstić information content (AvgIpc) is 2.83. The maximum atomic E-state index is 13.0. The second-order valence-corrected chi connectivity index (χ2v) is 8.75. The minimum absolute atomic E-state index is 0.400. The van der Waals surface area contributed by atoms with Crippen molar-refractivity contribution in [2.24, 2.45) is 5.92 Å². The maximum absolute atomic E-state index is 13.0. The normalized spacial score (nSPS) is 23.9. The van der Waals surface area contributed by atoms with Crippen molar-refractivity contribution in [1.29, 1.82) is 0 Å². The Bertz CT molecular complexity index is 697. The average molecular weight is 393 g/mol. The highest BCUT2D eigenvalue weighted by Gasteiger charge is 2.54. The predicted molar refractivity (Wildman–Crippen MR) is 104 cm³/mol. The number of amides is 1. The number of rotatable bonds is 5. The molecule has 0 radical (unpaired) electrons. The lowest BCUT2D eigenvalue weighted by Gasteiger charge is -2.35. The van der Waals surface area contributed by atoms with Crippen LogP contribution in [0.25, 0.3) is 0 Å². The van der Waals surface area contributed by atoms with E-state index in [2.05, 4.69) is 0 Å². The molecular weight excluding hydrogens is 362 g/mol. The van der Waals surface area contributed by atoms with Crippen molar-refractivity contribution >= 4 is 12.1 Å². The number of benzene rings is 1. The van der Waals surface area contributed by atoms with Crippen molar-refractivity contribution in [2.75, 3.05) is 0 Å².